The van der Waals surface area contributed by atoms with E-state index in [1.54, 1.807) is 0 Å². The molecule has 0 heterocycles. The molecular formula is C88H164O12. The second kappa shape index (κ2) is 41.7. The maximum atomic E-state index is 12.4. The highest BCUT2D eigenvalue weighted by molar-refractivity contribution is 5.78. The molecule has 0 N–H and O–H groups in total. The van der Waals surface area contributed by atoms with E-state index < -0.39 is 0 Å². The van der Waals surface area contributed by atoms with Crippen LogP contribution in [0.3, 0.4) is 0 Å². The zero-order valence-corrected chi connectivity index (χ0v) is 71.1. The fourth-order valence-corrected chi connectivity index (χ4v) is 14.1. The second-order valence-corrected chi connectivity index (χ2v) is 37.9. The van der Waals surface area contributed by atoms with Crippen LogP contribution >= 0.6 is 0 Å². The molecule has 6 fully saturated rings. The molecule has 0 aromatic carbocycles. The number of carbonyl (C=O) groups excluding carboxylic acids is 6. The third-order valence-electron chi connectivity index (χ3n) is 25.4. The van der Waals surface area contributed by atoms with Crippen molar-refractivity contribution >= 4 is 35.8 Å². The van der Waals surface area contributed by atoms with E-state index in [9.17, 15) is 28.8 Å². The van der Waals surface area contributed by atoms with Crippen LogP contribution in [0.15, 0.2) is 0 Å². The lowest BCUT2D eigenvalue weighted by Crippen LogP contribution is -2.50. The predicted octanol–water partition coefficient (Wildman–Crippen LogP) is 25.6. The van der Waals surface area contributed by atoms with E-state index in [1.165, 1.54) is 116 Å². The van der Waals surface area contributed by atoms with E-state index in [2.05, 4.69) is 76.2 Å². The van der Waals surface area contributed by atoms with Gasteiger partial charge in [-0.2, -0.15) is 0 Å². The molecule has 0 aromatic heterocycles. The quantitative estimate of drug-likeness (QED) is 0.0630. The van der Waals surface area contributed by atoms with Crippen molar-refractivity contribution in [3.05, 3.63) is 0 Å². The number of unbranched alkanes of at least 4 members (excludes halogenated alkanes) is 1. The first-order valence-corrected chi connectivity index (χ1v) is 41.5. The van der Waals surface area contributed by atoms with Crippen LogP contribution in [0.5, 0.6) is 0 Å². The molecule has 12 nitrogen and oxygen atoms in total. The minimum atomic E-state index is -0.365. The smallest absolute Gasteiger partial charge is 0.312 e. The molecule has 0 amide bonds. The van der Waals surface area contributed by atoms with Gasteiger partial charge >= 0.3 is 35.8 Å². The van der Waals surface area contributed by atoms with Crippen LogP contribution in [0.1, 0.15) is 444 Å². The molecule has 100 heavy (non-hydrogen) atoms. The Morgan fingerprint density at radius 1 is 0.320 bits per heavy atom. The van der Waals surface area contributed by atoms with Gasteiger partial charge in [0.25, 0.3) is 0 Å². The highest BCUT2D eigenvalue weighted by Crippen LogP contribution is 2.48. The van der Waals surface area contributed by atoms with Crippen molar-refractivity contribution in [2.45, 2.75) is 478 Å². The molecule has 0 aliphatic heterocycles. The molecule has 0 bridgehead atoms. The first-order chi connectivity index (χ1) is 46.1. The molecule has 0 unspecified atom stereocenters. The molecule has 12 heteroatoms. The summed E-state index contributed by atoms with van der Waals surface area (Å²) >= 11 is 0. The zero-order chi connectivity index (χ0) is 76.9. The topological polar surface area (TPSA) is 158 Å². The lowest BCUT2D eigenvalue weighted by Gasteiger charge is -2.47. The van der Waals surface area contributed by atoms with Crippen LogP contribution in [0.2, 0.25) is 0 Å². The Kier molecular flexibility index (Phi) is 39.5. The van der Waals surface area contributed by atoms with Gasteiger partial charge in [0.2, 0.25) is 0 Å². The Hall–Kier alpha value is -3.18. The van der Waals surface area contributed by atoms with Crippen molar-refractivity contribution in [2.75, 3.05) is 0 Å². The monoisotopic (exact) mass is 1410 g/mol. The lowest BCUT2D eigenvalue weighted by atomic mass is 9.68. The number of hydrogen-bond donors (Lipinski definition) is 0. The molecule has 6 aliphatic carbocycles. The highest BCUT2D eigenvalue weighted by atomic mass is 16.6. The predicted molar refractivity (Wildman–Crippen MR) is 416 cm³/mol. The van der Waals surface area contributed by atoms with Gasteiger partial charge in [0, 0.05) is 5.41 Å². The lowest BCUT2D eigenvalue weighted by molar-refractivity contribution is -0.190. The van der Waals surface area contributed by atoms with E-state index in [1.807, 2.05) is 118 Å². The average molecular weight is 1410 g/mol. The van der Waals surface area contributed by atoms with Crippen molar-refractivity contribution in [1.82, 2.24) is 0 Å². The first kappa shape index (κ1) is 94.8. The summed E-state index contributed by atoms with van der Waals surface area (Å²) in [4.78, 5) is 73.1. The van der Waals surface area contributed by atoms with Gasteiger partial charge in [0.1, 0.15) is 33.6 Å². The maximum absolute atomic E-state index is 12.4. The number of ether oxygens (including phenoxy) is 6. The SMILES string of the molecule is CCC(C)(C)C(=O)OC1(C(C)(C)C)CCCCC1.CCC(C)(C)C(=O)OC1(C(C)C)CCCCC1.CCC(C)(C)C(=O)OC1(C)CCCCC1.CCC(C)(C)C(=O)OC1(CC(C)C)CCCC1.CCC1(OC(=O)C(C)(C)CC)CCCCC1.CCCCC1(OC(=O)C(C)(C)CC)CCCC1. The Labute approximate surface area is 617 Å². The van der Waals surface area contributed by atoms with Crippen molar-refractivity contribution in [3.8, 4) is 0 Å². The number of carbonyl (C=O) groups is 6. The summed E-state index contributed by atoms with van der Waals surface area (Å²) in [6.07, 6.45) is 42.4. The van der Waals surface area contributed by atoms with Gasteiger partial charge in [-0.1, -0.05) is 136 Å². The highest BCUT2D eigenvalue weighted by Gasteiger charge is 2.49. The molecule has 6 rings (SSSR count). The number of rotatable bonds is 25. The molecule has 0 atom stereocenters. The van der Waals surface area contributed by atoms with E-state index in [0.29, 0.717) is 11.8 Å². The Morgan fingerprint density at radius 2 is 0.590 bits per heavy atom. The molecule has 6 aliphatic rings. The zero-order valence-electron chi connectivity index (χ0n) is 71.1. The van der Waals surface area contributed by atoms with E-state index in [0.717, 1.165) is 135 Å². The van der Waals surface area contributed by atoms with Crippen molar-refractivity contribution < 1.29 is 57.2 Å². The Bertz CT molecular complexity index is 2370. The molecular weight excluding hydrogens is 1250 g/mol. The van der Waals surface area contributed by atoms with Gasteiger partial charge in [-0.15, -0.1) is 0 Å². The van der Waals surface area contributed by atoms with Crippen LogP contribution in [0.4, 0.5) is 0 Å². The standard InChI is InChI=1S/C16H30O2.3C15H28O2.C14H26O2.C13H24O2/c1-7-15(5,6)13(17)18-16(14(2,3)4)11-9-8-10-12-16;1-6-14(4,5)13(16)17-15(11-12(2)3)9-7-8-10-15;1-6-14(4,5)13(16)17-15(12(2)3)10-8-7-9-11-15;1-5-7-10-15(11-8-9-12-15)17-13(16)14(3,4)6-2;1-5-13(3,4)12(15)16-14(6-2)10-8-7-9-11-14;1-5-12(2,3)11(14)15-13(4)9-7-6-8-10-13/h7-12H2,1-6H3;2*12H,6-11H2,1-5H3;5-12H2,1-4H3;5-11H2,1-4H3;5-10H2,1-4H3. The van der Waals surface area contributed by atoms with E-state index in [4.69, 9.17) is 28.4 Å². The molecule has 0 saturated heterocycles. The molecule has 0 radical (unpaired) electrons. The van der Waals surface area contributed by atoms with Gasteiger partial charge in [0.05, 0.1) is 32.5 Å². The third-order valence-corrected chi connectivity index (χ3v) is 25.4. The van der Waals surface area contributed by atoms with E-state index in [-0.39, 0.29) is 107 Å². The normalized spacial score (nSPS) is 20.2. The summed E-state index contributed by atoms with van der Waals surface area (Å²) in [6, 6.07) is 0. The summed E-state index contributed by atoms with van der Waals surface area (Å²) < 4.78 is 35.4. The van der Waals surface area contributed by atoms with Crippen molar-refractivity contribution in [3.63, 3.8) is 0 Å². The maximum Gasteiger partial charge on any atom is 0.312 e. The minimum Gasteiger partial charge on any atom is -0.459 e. The van der Waals surface area contributed by atoms with Crippen molar-refractivity contribution in [1.29, 1.82) is 0 Å². The van der Waals surface area contributed by atoms with Crippen molar-refractivity contribution in [2.24, 2.45) is 49.7 Å². The largest absolute Gasteiger partial charge is 0.459 e. The van der Waals surface area contributed by atoms with Crippen LogP contribution in [-0.2, 0) is 57.2 Å². The summed E-state index contributed by atoms with van der Waals surface area (Å²) in [5, 5.41) is 0. The summed E-state index contributed by atoms with van der Waals surface area (Å²) in [5.74, 6) is 0.899. The Balaban J connectivity index is 0.000000600. The van der Waals surface area contributed by atoms with Gasteiger partial charge in [0.15, 0.2) is 0 Å². The Morgan fingerprint density at radius 3 is 0.910 bits per heavy atom. The van der Waals surface area contributed by atoms with Crippen LogP contribution in [-0.4, -0.2) is 69.4 Å². The second-order valence-electron chi connectivity index (χ2n) is 37.9. The van der Waals surface area contributed by atoms with Crippen LogP contribution < -0.4 is 0 Å². The molecule has 588 valence electrons. The number of hydrogen-bond acceptors (Lipinski definition) is 12. The first-order valence-electron chi connectivity index (χ1n) is 41.5. The van der Waals surface area contributed by atoms with Gasteiger partial charge < -0.3 is 28.4 Å². The molecule has 6 saturated carbocycles. The third kappa shape index (κ3) is 30.0. The van der Waals surface area contributed by atoms with Gasteiger partial charge in [-0.05, 0) is 320 Å². The number of esters is 6. The average Bonchev–Trinajstić information content (AvgIpc) is 1.13. The van der Waals surface area contributed by atoms with Crippen LogP contribution in [0, 0.1) is 49.7 Å². The fourth-order valence-electron chi connectivity index (χ4n) is 14.1. The van der Waals surface area contributed by atoms with Gasteiger partial charge in [-0.3, -0.25) is 28.8 Å². The fraction of sp³-hybridized carbons (Fsp3) is 0.932. The van der Waals surface area contributed by atoms with Crippen LogP contribution in [0.25, 0.3) is 0 Å². The van der Waals surface area contributed by atoms with Gasteiger partial charge in [-0.25, -0.2) is 0 Å². The summed E-state index contributed by atoms with van der Waals surface area (Å²) in [5.41, 5.74) is -3.10. The molecule has 0 spiro atoms. The van der Waals surface area contributed by atoms with E-state index >= 15 is 0 Å². The minimum absolute atomic E-state index is 0.00185. The molecule has 0 aromatic rings. The summed E-state index contributed by atoms with van der Waals surface area (Å²) in [7, 11) is 0. The summed E-state index contributed by atoms with van der Waals surface area (Å²) in [6.45, 7) is 57.8.